The molecule has 0 bridgehead atoms. The molecular formula is C22H23Cl2N5O. The molecule has 0 fully saturated rings. The van der Waals surface area contributed by atoms with Crippen LogP contribution in [0.3, 0.4) is 0 Å². The van der Waals surface area contributed by atoms with E-state index in [0.717, 1.165) is 11.1 Å². The molecule has 1 heterocycles. The van der Waals surface area contributed by atoms with Gasteiger partial charge in [-0.15, -0.1) is 10.2 Å². The van der Waals surface area contributed by atoms with Crippen LogP contribution in [-0.2, 0) is 7.05 Å². The minimum absolute atomic E-state index is 0.250. The van der Waals surface area contributed by atoms with Crippen LogP contribution in [0.2, 0.25) is 10.0 Å². The summed E-state index contributed by atoms with van der Waals surface area (Å²) < 4.78 is 1.87. The van der Waals surface area contributed by atoms with Gasteiger partial charge in [0.25, 0.3) is 0 Å². The molecular weight excluding hydrogens is 421 g/mol. The van der Waals surface area contributed by atoms with E-state index in [1.165, 1.54) is 0 Å². The Bertz CT molecular complexity index is 1060. The molecule has 2 amide bonds. The summed E-state index contributed by atoms with van der Waals surface area (Å²) in [6, 6.07) is 12.5. The van der Waals surface area contributed by atoms with Crippen molar-refractivity contribution in [3.63, 3.8) is 0 Å². The minimum atomic E-state index is -0.305. The van der Waals surface area contributed by atoms with Gasteiger partial charge in [-0.2, -0.15) is 0 Å². The molecule has 8 heteroatoms. The Morgan fingerprint density at radius 3 is 2.23 bits per heavy atom. The Labute approximate surface area is 185 Å². The van der Waals surface area contributed by atoms with Crippen LogP contribution in [0.25, 0.3) is 23.5 Å². The van der Waals surface area contributed by atoms with Crippen LogP contribution < -0.4 is 10.6 Å². The first-order valence-electron chi connectivity index (χ1n) is 9.35. The summed E-state index contributed by atoms with van der Waals surface area (Å²) in [6.07, 6.45) is 3.63. The van der Waals surface area contributed by atoms with E-state index >= 15 is 0 Å². The molecule has 0 spiro atoms. The number of amides is 2. The second kappa shape index (κ2) is 8.90. The smallest absolute Gasteiger partial charge is 0.319 e. The quantitative estimate of drug-likeness (QED) is 0.528. The van der Waals surface area contributed by atoms with Gasteiger partial charge >= 0.3 is 6.03 Å². The van der Waals surface area contributed by atoms with Gasteiger partial charge in [-0.1, -0.05) is 29.3 Å². The summed E-state index contributed by atoms with van der Waals surface area (Å²) in [6.45, 7) is 5.78. The molecule has 156 valence electrons. The van der Waals surface area contributed by atoms with Crippen LogP contribution >= 0.6 is 23.2 Å². The predicted molar refractivity (Wildman–Crippen MR) is 124 cm³/mol. The summed E-state index contributed by atoms with van der Waals surface area (Å²) in [5.41, 5.74) is 1.99. The van der Waals surface area contributed by atoms with Gasteiger partial charge in [0.1, 0.15) is 0 Å². The highest BCUT2D eigenvalue weighted by atomic mass is 35.5. The van der Waals surface area contributed by atoms with E-state index in [1.54, 1.807) is 18.2 Å². The van der Waals surface area contributed by atoms with E-state index in [1.807, 2.05) is 68.8 Å². The number of rotatable bonds is 4. The number of nitrogens with zero attached hydrogens (tertiary/aromatic N) is 3. The van der Waals surface area contributed by atoms with Gasteiger partial charge in [-0.05, 0) is 69.3 Å². The molecule has 0 saturated carbocycles. The highest BCUT2D eigenvalue weighted by Gasteiger charge is 2.14. The van der Waals surface area contributed by atoms with E-state index < -0.39 is 0 Å². The van der Waals surface area contributed by atoms with Gasteiger partial charge in [0.2, 0.25) is 0 Å². The predicted octanol–water partition coefficient (Wildman–Crippen LogP) is 5.88. The molecule has 0 aliphatic carbocycles. The van der Waals surface area contributed by atoms with Crippen molar-refractivity contribution < 1.29 is 4.79 Å². The number of anilines is 1. The maximum Gasteiger partial charge on any atom is 0.319 e. The van der Waals surface area contributed by atoms with Gasteiger partial charge in [-0.3, -0.25) is 0 Å². The maximum absolute atomic E-state index is 12.0. The molecule has 0 aliphatic rings. The van der Waals surface area contributed by atoms with E-state index in [4.69, 9.17) is 23.2 Å². The Hall–Kier alpha value is -2.83. The maximum atomic E-state index is 12.0. The number of carbonyl (C=O) groups excluding carboxylic acids is 1. The summed E-state index contributed by atoms with van der Waals surface area (Å²) in [4.78, 5) is 12.0. The van der Waals surface area contributed by atoms with Crippen molar-refractivity contribution >= 4 is 47.1 Å². The van der Waals surface area contributed by atoms with Crippen molar-refractivity contribution in [2.45, 2.75) is 26.3 Å². The lowest BCUT2D eigenvalue weighted by molar-refractivity contribution is 0.244. The summed E-state index contributed by atoms with van der Waals surface area (Å²) in [5.74, 6) is 1.36. The molecule has 0 saturated heterocycles. The molecule has 0 unspecified atom stereocenters. The number of hydrogen-bond acceptors (Lipinski definition) is 3. The van der Waals surface area contributed by atoms with Crippen molar-refractivity contribution in [1.82, 2.24) is 20.1 Å². The third-order valence-electron chi connectivity index (χ3n) is 4.20. The van der Waals surface area contributed by atoms with Gasteiger partial charge in [0.05, 0.1) is 0 Å². The van der Waals surface area contributed by atoms with Crippen LogP contribution in [0, 0.1) is 0 Å². The van der Waals surface area contributed by atoms with Crippen molar-refractivity contribution in [1.29, 1.82) is 0 Å². The normalized spacial score (nSPS) is 11.7. The number of carbonyl (C=O) groups is 1. The fourth-order valence-electron chi connectivity index (χ4n) is 2.77. The molecule has 3 aromatic rings. The van der Waals surface area contributed by atoms with Gasteiger partial charge in [0.15, 0.2) is 11.6 Å². The topological polar surface area (TPSA) is 71.8 Å². The molecule has 6 nitrogen and oxygen atoms in total. The van der Waals surface area contributed by atoms with Gasteiger partial charge in [0, 0.05) is 39.4 Å². The minimum Gasteiger partial charge on any atom is -0.333 e. The van der Waals surface area contributed by atoms with E-state index in [-0.39, 0.29) is 11.6 Å². The highest BCUT2D eigenvalue weighted by Crippen LogP contribution is 2.27. The van der Waals surface area contributed by atoms with Crippen molar-refractivity contribution in [3.8, 4) is 11.4 Å². The zero-order valence-corrected chi connectivity index (χ0v) is 18.7. The number of urea groups is 1. The van der Waals surface area contributed by atoms with Crippen molar-refractivity contribution in [2.24, 2.45) is 7.05 Å². The second-order valence-corrected chi connectivity index (χ2v) is 8.63. The van der Waals surface area contributed by atoms with Crippen molar-refractivity contribution in [2.75, 3.05) is 5.32 Å². The summed E-state index contributed by atoms with van der Waals surface area (Å²) >= 11 is 12.4. The lowest BCUT2D eigenvalue weighted by atomic mass is 10.1. The lowest BCUT2D eigenvalue weighted by Gasteiger charge is -2.20. The molecule has 0 aliphatic heterocycles. The first-order chi connectivity index (χ1) is 14.1. The molecule has 0 radical (unpaired) electrons. The first-order valence-corrected chi connectivity index (χ1v) is 10.1. The van der Waals surface area contributed by atoms with Crippen LogP contribution in [-0.4, -0.2) is 26.3 Å². The van der Waals surface area contributed by atoms with Crippen LogP contribution in [0.4, 0.5) is 10.5 Å². The third kappa shape index (κ3) is 5.40. The largest absolute Gasteiger partial charge is 0.333 e. The zero-order chi connectivity index (χ0) is 21.9. The molecule has 2 N–H and O–H groups in total. The summed E-state index contributed by atoms with van der Waals surface area (Å²) in [7, 11) is 1.88. The Kier molecular flexibility index (Phi) is 6.48. The molecule has 3 rings (SSSR count). The average molecular weight is 444 g/mol. The Balaban J connectivity index is 1.76. The molecule has 0 atom stereocenters. The number of halogens is 2. The SMILES string of the molecule is Cn1c(/C=C/c2c(Cl)cccc2Cl)nnc1-c1ccc(NC(=O)NC(C)(C)C)cc1. The third-order valence-corrected chi connectivity index (χ3v) is 4.86. The van der Waals surface area contributed by atoms with Gasteiger partial charge in [-0.25, -0.2) is 4.79 Å². The fraction of sp³-hybridized carbons (Fsp3) is 0.227. The number of aromatic nitrogens is 3. The van der Waals surface area contributed by atoms with Crippen LogP contribution in [0.1, 0.15) is 32.2 Å². The number of hydrogen-bond donors (Lipinski definition) is 2. The van der Waals surface area contributed by atoms with Gasteiger partial charge < -0.3 is 15.2 Å². The van der Waals surface area contributed by atoms with Crippen molar-refractivity contribution in [3.05, 3.63) is 63.9 Å². The lowest BCUT2D eigenvalue weighted by Crippen LogP contribution is -2.43. The summed E-state index contributed by atoms with van der Waals surface area (Å²) in [5, 5.41) is 15.3. The highest BCUT2D eigenvalue weighted by molar-refractivity contribution is 6.37. The molecule has 2 aromatic carbocycles. The van der Waals surface area contributed by atoms with E-state index in [9.17, 15) is 4.79 Å². The van der Waals surface area contributed by atoms with Crippen LogP contribution in [0.5, 0.6) is 0 Å². The molecule has 30 heavy (non-hydrogen) atoms. The Morgan fingerprint density at radius 1 is 1.00 bits per heavy atom. The first kappa shape index (κ1) is 21.9. The van der Waals surface area contributed by atoms with E-state index in [0.29, 0.717) is 27.4 Å². The Morgan fingerprint density at radius 2 is 1.63 bits per heavy atom. The monoisotopic (exact) mass is 443 g/mol. The number of benzene rings is 2. The zero-order valence-electron chi connectivity index (χ0n) is 17.2. The fourth-order valence-corrected chi connectivity index (χ4v) is 3.29. The average Bonchev–Trinajstić information content (AvgIpc) is 3.01. The second-order valence-electron chi connectivity index (χ2n) is 7.82. The van der Waals surface area contributed by atoms with E-state index in [2.05, 4.69) is 20.8 Å². The standard InChI is InChI=1S/C22H23Cl2N5O/c1-22(2,3)26-21(30)25-15-10-8-14(9-11-15)20-28-27-19(29(20)4)13-12-16-17(23)6-5-7-18(16)24/h5-13H,1-4H3,(H2,25,26,30)/b13-12+. The molecule has 1 aromatic heterocycles. The van der Waals surface area contributed by atoms with Crippen LogP contribution in [0.15, 0.2) is 42.5 Å². The number of nitrogens with one attached hydrogen (secondary N) is 2.